The Morgan fingerprint density at radius 2 is 1.62 bits per heavy atom. The van der Waals surface area contributed by atoms with E-state index < -0.39 is 24.5 Å². The summed E-state index contributed by atoms with van der Waals surface area (Å²) in [6, 6.07) is 11.4. The van der Waals surface area contributed by atoms with Crippen LogP contribution in [0.3, 0.4) is 0 Å². The van der Waals surface area contributed by atoms with Gasteiger partial charge < -0.3 is 20.1 Å². The molecule has 0 heterocycles. The summed E-state index contributed by atoms with van der Waals surface area (Å²) in [7, 11) is 0. The highest BCUT2D eigenvalue weighted by Gasteiger charge is 2.11. The zero-order valence-electron chi connectivity index (χ0n) is 17.9. The van der Waals surface area contributed by atoms with Gasteiger partial charge >= 0.3 is 11.9 Å². The van der Waals surface area contributed by atoms with Crippen LogP contribution in [0.4, 0.5) is 11.4 Å². The maximum absolute atomic E-state index is 12.0. The standard InChI is InChI=1S/C23H25ClN2O6/c1-3-31-23(30)16-8-11-18(12-9-16)25-20(27)5-4-6-22(29)32-14-21(28)26-19-13-17(24)10-7-15(19)2/h7-13H,3-6,14H2,1-2H3,(H,25,27)(H,26,28). The molecule has 0 aliphatic rings. The number of ether oxygens (including phenoxy) is 2. The number of rotatable bonds is 10. The lowest BCUT2D eigenvalue weighted by molar-refractivity contribution is -0.147. The Morgan fingerprint density at radius 3 is 2.31 bits per heavy atom. The first-order valence-corrected chi connectivity index (χ1v) is 10.4. The van der Waals surface area contributed by atoms with E-state index >= 15 is 0 Å². The Labute approximate surface area is 191 Å². The first-order chi connectivity index (χ1) is 15.3. The zero-order chi connectivity index (χ0) is 23.5. The van der Waals surface area contributed by atoms with Gasteiger partial charge in [-0.3, -0.25) is 14.4 Å². The quantitative estimate of drug-likeness (QED) is 0.516. The summed E-state index contributed by atoms with van der Waals surface area (Å²) in [6.45, 7) is 3.40. The summed E-state index contributed by atoms with van der Waals surface area (Å²) in [6.07, 6.45) is 0.363. The predicted molar refractivity (Wildman–Crippen MR) is 121 cm³/mol. The van der Waals surface area contributed by atoms with Crippen molar-refractivity contribution in [1.29, 1.82) is 0 Å². The summed E-state index contributed by atoms with van der Waals surface area (Å²) in [4.78, 5) is 47.4. The second-order valence-corrected chi connectivity index (χ2v) is 7.30. The normalized spacial score (nSPS) is 10.2. The van der Waals surface area contributed by atoms with Crippen LogP contribution in [-0.2, 0) is 23.9 Å². The number of esters is 2. The van der Waals surface area contributed by atoms with Gasteiger partial charge in [-0.2, -0.15) is 0 Å². The van der Waals surface area contributed by atoms with Crippen molar-refractivity contribution in [3.05, 3.63) is 58.6 Å². The number of nitrogens with one attached hydrogen (secondary N) is 2. The van der Waals surface area contributed by atoms with Crippen molar-refractivity contribution < 1.29 is 28.7 Å². The van der Waals surface area contributed by atoms with E-state index in [1.54, 1.807) is 49.4 Å². The monoisotopic (exact) mass is 460 g/mol. The number of carbonyl (C=O) groups is 4. The molecular formula is C23H25ClN2O6. The van der Waals surface area contributed by atoms with E-state index in [-0.39, 0.29) is 31.8 Å². The largest absolute Gasteiger partial charge is 0.462 e. The van der Waals surface area contributed by atoms with Crippen molar-refractivity contribution in [3.63, 3.8) is 0 Å². The molecule has 0 unspecified atom stereocenters. The first kappa shape index (κ1) is 24.9. The van der Waals surface area contributed by atoms with E-state index in [1.807, 2.05) is 6.92 Å². The summed E-state index contributed by atoms with van der Waals surface area (Å²) < 4.78 is 9.84. The molecule has 2 amide bonds. The number of amides is 2. The highest BCUT2D eigenvalue weighted by Crippen LogP contribution is 2.20. The van der Waals surface area contributed by atoms with E-state index in [1.165, 1.54) is 0 Å². The van der Waals surface area contributed by atoms with Crippen LogP contribution >= 0.6 is 11.6 Å². The topological polar surface area (TPSA) is 111 Å². The van der Waals surface area contributed by atoms with Crippen LogP contribution in [0.1, 0.15) is 42.1 Å². The van der Waals surface area contributed by atoms with Gasteiger partial charge in [-0.05, 0) is 62.2 Å². The maximum Gasteiger partial charge on any atom is 0.338 e. The zero-order valence-corrected chi connectivity index (χ0v) is 18.7. The Bertz CT molecular complexity index is 975. The van der Waals surface area contributed by atoms with Crippen LogP contribution < -0.4 is 10.6 Å². The molecule has 2 N–H and O–H groups in total. The van der Waals surface area contributed by atoms with Gasteiger partial charge in [-0.25, -0.2) is 4.79 Å². The molecule has 2 aromatic rings. The van der Waals surface area contributed by atoms with E-state index in [4.69, 9.17) is 21.1 Å². The van der Waals surface area contributed by atoms with Crippen molar-refractivity contribution >= 4 is 46.7 Å². The van der Waals surface area contributed by atoms with E-state index in [0.29, 0.717) is 22.0 Å². The van der Waals surface area contributed by atoms with Gasteiger partial charge in [0.2, 0.25) is 5.91 Å². The smallest absolute Gasteiger partial charge is 0.338 e. The first-order valence-electron chi connectivity index (χ1n) is 10.1. The minimum absolute atomic E-state index is 0.00130. The maximum atomic E-state index is 12.0. The van der Waals surface area contributed by atoms with Crippen LogP contribution in [-0.4, -0.2) is 37.0 Å². The van der Waals surface area contributed by atoms with Crippen LogP contribution in [0.25, 0.3) is 0 Å². The highest BCUT2D eigenvalue weighted by molar-refractivity contribution is 6.31. The average molecular weight is 461 g/mol. The third kappa shape index (κ3) is 8.39. The van der Waals surface area contributed by atoms with Gasteiger partial charge in [0.05, 0.1) is 12.2 Å². The predicted octanol–water partition coefficient (Wildman–Crippen LogP) is 4.12. The van der Waals surface area contributed by atoms with E-state index in [0.717, 1.165) is 5.56 Å². The van der Waals surface area contributed by atoms with Crippen molar-refractivity contribution in [1.82, 2.24) is 0 Å². The molecule has 8 nitrogen and oxygen atoms in total. The second kappa shape index (κ2) is 12.5. The molecule has 0 atom stereocenters. The van der Waals surface area contributed by atoms with Crippen molar-refractivity contribution in [2.75, 3.05) is 23.8 Å². The minimum Gasteiger partial charge on any atom is -0.462 e. The van der Waals surface area contributed by atoms with Crippen molar-refractivity contribution in [2.24, 2.45) is 0 Å². The molecule has 0 saturated heterocycles. The molecule has 2 aromatic carbocycles. The number of hydrogen-bond acceptors (Lipinski definition) is 6. The van der Waals surface area contributed by atoms with Crippen molar-refractivity contribution in [3.8, 4) is 0 Å². The fourth-order valence-corrected chi connectivity index (χ4v) is 2.83. The molecule has 32 heavy (non-hydrogen) atoms. The number of anilines is 2. The third-order valence-electron chi connectivity index (χ3n) is 4.30. The highest BCUT2D eigenvalue weighted by atomic mass is 35.5. The molecule has 0 bridgehead atoms. The lowest BCUT2D eigenvalue weighted by Crippen LogP contribution is -2.21. The molecule has 0 aliphatic heterocycles. The molecule has 170 valence electrons. The van der Waals surface area contributed by atoms with Gasteiger partial charge in [-0.15, -0.1) is 0 Å². The number of aryl methyl sites for hydroxylation is 1. The van der Waals surface area contributed by atoms with Crippen LogP contribution in [0, 0.1) is 6.92 Å². The average Bonchev–Trinajstić information content (AvgIpc) is 2.75. The fourth-order valence-electron chi connectivity index (χ4n) is 2.65. The molecule has 0 aliphatic carbocycles. The molecule has 0 aromatic heterocycles. The summed E-state index contributed by atoms with van der Waals surface area (Å²) in [5.74, 6) is -1.77. The second-order valence-electron chi connectivity index (χ2n) is 6.87. The van der Waals surface area contributed by atoms with Gasteiger partial charge in [-0.1, -0.05) is 17.7 Å². The lowest BCUT2D eigenvalue weighted by atomic mass is 10.2. The Morgan fingerprint density at radius 1 is 0.906 bits per heavy atom. The summed E-state index contributed by atoms with van der Waals surface area (Å²) in [5, 5.41) is 5.80. The van der Waals surface area contributed by atoms with Crippen LogP contribution in [0.5, 0.6) is 0 Å². The van der Waals surface area contributed by atoms with Crippen LogP contribution in [0.2, 0.25) is 5.02 Å². The van der Waals surface area contributed by atoms with Gasteiger partial charge in [0.15, 0.2) is 6.61 Å². The Kier molecular flexibility index (Phi) is 9.69. The lowest BCUT2D eigenvalue weighted by Gasteiger charge is -2.09. The van der Waals surface area contributed by atoms with Gasteiger partial charge in [0.25, 0.3) is 5.91 Å². The molecule has 9 heteroatoms. The Hall–Kier alpha value is -3.39. The minimum atomic E-state index is -0.574. The molecular weight excluding hydrogens is 436 g/mol. The summed E-state index contributed by atoms with van der Waals surface area (Å²) >= 11 is 5.90. The molecule has 0 spiro atoms. The SMILES string of the molecule is CCOC(=O)c1ccc(NC(=O)CCCC(=O)OCC(=O)Nc2cc(Cl)ccc2C)cc1. The third-order valence-corrected chi connectivity index (χ3v) is 4.54. The van der Waals surface area contributed by atoms with Gasteiger partial charge in [0.1, 0.15) is 0 Å². The van der Waals surface area contributed by atoms with E-state index in [2.05, 4.69) is 10.6 Å². The summed E-state index contributed by atoms with van der Waals surface area (Å²) in [5.41, 5.74) is 2.29. The van der Waals surface area contributed by atoms with E-state index in [9.17, 15) is 19.2 Å². The number of hydrogen-bond donors (Lipinski definition) is 2. The van der Waals surface area contributed by atoms with Gasteiger partial charge in [0, 0.05) is 29.2 Å². The molecule has 2 rings (SSSR count). The van der Waals surface area contributed by atoms with Crippen LogP contribution in [0.15, 0.2) is 42.5 Å². The molecule has 0 fully saturated rings. The number of benzene rings is 2. The molecule has 0 saturated carbocycles. The molecule has 0 radical (unpaired) electrons. The van der Waals surface area contributed by atoms with Crippen molar-refractivity contribution in [2.45, 2.75) is 33.1 Å². The number of carbonyl (C=O) groups excluding carboxylic acids is 4. The fraction of sp³-hybridized carbons (Fsp3) is 0.304. The number of halogens is 1. The Balaban J connectivity index is 1.66.